The fourth-order valence-electron chi connectivity index (χ4n) is 1.34. The molecule has 0 aromatic heterocycles. The average molecular weight is 346 g/mol. The molecule has 92 valence electrons. The van der Waals surface area contributed by atoms with E-state index >= 15 is 0 Å². The molecule has 2 nitrogen and oxygen atoms in total. The number of rotatable bonds is 4. The minimum absolute atomic E-state index is 0.258. The van der Waals surface area contributed by atoms with Crippen LogP contribution in [0.15, 0.2) is 33.5 Å². The van der Waals surface area contributed by atoms with Crippen LogP contribution in [-0.2, 0) is 0 Å². The van der Waals surface area contributed by atoms with Crippen molar-refractivity contribution >= 4 is 34.3 Å². The van der Waals surface area contributed by atoms with E-state index in [0.29, 0.717) is 11.6 Å². The van der Waals surface area contributed by atoms with Crippen molar-refractivity contribution in [1.82, 2.24) is 0 Å². The Morgan fingerprint density at radius 2 is 2.06 bits per heavy atom. The van der Waals surface area contributed by atoms with Crippen molar-refractivity contribution in [3.8, 4) is 0 Å². The predicted octanol–water partition coefficient (Wildman–Crippen LogP) is 3.96. The zero-order valence-corrected chi connectivity index (χ0v) is 12.1. The second-order valence-corrected chi connectivity index (χ2v) is 4.41. The fourth-order valence-corrected chi connectivity index (χ4v) is 1.96. The van der Waals surface area contributed by atoms with Gasteiger partial charge in [0.2, 0.25) is 0 Å². The maximum Gasteiger partial charge on any atom is 0.123 e. The van der Waals surface area contributed by atoms with Crippen LogP contribution in [0, 0.1) is 11.7 Å². The van der Waals surface area contributed by atoms with E-state index in [9.17, 15) is 4.39 Å². The van der Waals surface area contributed by atoms with Crippen LogP contribution in [0.2, 0.25) is 0 Å². The molecule has 0 fully saturated rings. The van der Waals surface area contributed by atoms with Gasteiger partial charge in [0.15, 0.2) is 0 Å². The van der Waals surface area contributed by atoms with Crippen LogP contribution in [0.3, 0.4) is 0 Å². The second-order valence-electron chi connectivity index (χ2n) is 3.93. The zero-order valence-electron chi connectivity index (χ0n) is 9.95. The summed E-state index contributed by atoms with van der Waals surface area (Å²) in [6.45, 7) is 4.21. The molecule has 1 unspecified atom stereocenters. The van der Waals surface area contributed by atoms with Gasteiger partial charge in [0.05, 0.1) is 28.6 Å². The van der Waals surface area contributed by atoms with Gasteiger partial charge in [-0.15, -0.1) is 0 Å². The number of hydrogen-bond acceptors (Lipinski definition) is 2. The highest BCUT2D eigenvalue weighted by atomic mass is 127. The van der Waals surface area contributed by atoms with Gasteiger partial charge < -0.3 is 5.73 Å². The van der Waals surface area contributed by atoms with Crippen molar-refractivity contribution in [1.29, 1.82) is 0 Å². The molecular weight excluding hydrogens is 330 g/mol. The summed E-state index contributed by atoms with van der Waals surface area (Å²) < 4.78 is 17.0. The number of nitrogens with two attached hydrogens (primary N) is 1. The van der Waals surface area contributed by atoms with Gasteiger partial charge in [0.1, 0.15) is 5.82 Å². The first-order valence-corrected chi connectivity index (χ1v) is 6.47. The van der Waals surface area contributed by atoms with E-state index in [1.165, 1.54) is 12.1 Å². The molecule has 0 amide bonds. The Bertz CT molecular complexity index is 424. The third kappa shape index (κ3) is 4.11. The SMILES string of the molecule is CCC(C)C(C=C(N)c1ccc(F)cc1)=NI. The summed E-state index contributed by atoms with van der Waals surface area (Å²) in [6.07, 6.45) is 2.86. The number of allylic oxidation sites excluding steroid dienone is 1. The Morgan fingerprint density at radius 3 is 2.53 bits per heavy atom. The largest absolute Gasteiger partial charge is 0.398 e. The first-order valence-electron chi connectivity index (χ1n) is 5.50. The molecule has 2 N–H and O–H groups in total. The third-order valence-electron chi connectivity index (χ3n) is 2.70. The summed E-state index contributed by atoms with van der Waals surface area (Å²) in [6, 6.07) is 6.14. The number of hydrogen-bond donors (Lipinski definition) is 1. The molecule has 1 rings (SSSR count). The van der Waals surface area contributed by atoms with Gasteiger partial charge in [0, 0.05) is 5.70 Å². The van der Waals surface area contributed by atoms with Crippen LogP contribution < -0.4 is 5.73 Å². The Hall–Kier alpha value is -0.910. The first kappa shape index (κ1) is 14.2. The van der Waals surface area contributed by atoms with Crippen LogP contribution in [0.4, 0.5) is 4.39 Å². The van der Waals surface area contributed by atoms with Crippen molar-refractivity contribution in [2.45, 2.75) is 20.3 Å². The molecule has 0 saturated carbocycles. The van der Waals surface area contributed by atoms with Crippen molar-refractivity contribution < 1.29 is 4.39 Å². The summed E-state index contributed by atoms with van der Waals surface area (Å²) in [5.41, 5.74) is 8.35. The highest BCUT2D eigenvalue weighted by Crippen LogP contribution is 2.14. The third-order valence-corrected chi connectivity index (χ3v) is 3.25. The van der Waals surface area contributed by atoms with Crippen molar-refractivity contribution in [3.63, 3.8) is 0 Å². The maximum atomic E-state index is 12.8. The van der Waals surface area contributed by atoms with Crippen LogP contribution in [0.5, 0.6) is 0 Å². The van der Waals surface area contributed by atoms with E-state index in [1.807, 2.05) is 28.9 Å². The maximum absolute atomic E-state index is 12.8. The van der Waals surface area contributed by atoms with Crippen LogP contribution in [-0.4, -0.2) is 5.71 Å². The molecule has 0 radical (unpaired) electrons. The van der Waals surface area contributed by atoms with Crippen LogP contribution >= 0.6 is 22.9 Å². The molecule has 1 aromatic rings. The van der Waals surface area contributed by atoms with E-state index < -0.39 is 0 Å². The summed E-state index contributed by atoms with van der Waals surface area (Å²) in [4.78, 5) is 0. The molecule has 0 bridgehead atoms. The van der Waals surface area contributed by atoms with Crippen LogP contribution in [0.1, 0.15) is 25.8 Å². The predicted molar refractivity (Wildman–Crippen MR) is 79.5 cm³/mol. The van der Waals surface area contributed by atoms with E-state index in [-0.39, 0.29) is 5.82 Å². The van der Waals surface area contributed by atoms with Crippen LogP contribution in [0.25, 0.3) is 5.70 Å². The van der Waals surface area contributed by atoms with Crippen molar-refractivity contribution in [2.24, 2.45) is 14.9 Å². The zero-order chi connectivity index (χ0) is 12.8. The Kier molecular flexibility index (Phi) is 5.61. The molecule has 0 spiro atoms. The monoisotopic (exact) mass is 346 g/mol. The van der Waals surface area contributed by atoms with Crippen molar-refractivity contribution in [2.75, 3.05) is 0 Å². The standard InChI is InChI=1S/C13H16FIN2/c1-3-9(2)13(17-15)8-12(16)10-4-6-11(14)7-5-10/h4-9H,3,16H2,1-2H3. The van der Waals surface area contributed by atoms with Gasteiger partial charge >= 0.3 is 0 Å². The van der Waals surface area contributed by atoms with E-state index in [0.717, 1.165) is 17.7 Å². The fraction of sp³-hybridized carbons (Fsp3) is 0.308. The molecule has 1 aromatic carbocycles. The summed E-state index contributed by atoms with van der Waals surface area (Å²) in [7, 11) is 0. The average Bonchev–Trinajstić information content (AvgIpc) is 2.35. The van der Waals surface area contributed by atoms with Gasteiger partial charge in [-0.05, 0) is 36.1 Å². The van der Waals surface area contributed by atoms with Gasteiger partial charge in [-0.2, -0.15) is 0 Å². The number of nitrogens with zero attached hydrogens (tertiary/aromatic N) is 1. The van der Waals surface area contributed by atoms with E-state index in [1.54, 1.807) is 12.1 Å². The molecule has 0 aliphatic heterocycles. The highest BCUT2D eigenvalue weighted by Gasteiger charge is 2.07. The van der Waals surface area contributed by atoms with Gasteiger partial charge in [-0.3, -0.25) is 0 Å². The topological polar surface area (TPSA) is 38.4 Å². The molecule has 0 aliphatic carbocycles. The second kappa shape index (κ2) is 6.74. The molecule has 1 atom stereocenters. The quantitative estimate of drug-likeness (QED) is 0.650. The molecule has 0 saturated heterocycles. The molecule has 4 heteroatoms. The Balaban J connectivity index is 2.95. The normalized spacial score (nSPS) is 14.8. The summed E-state index contributed by atoms with van der Waals surface area (Å²) >= 11 is 1.97. The Labute approximate surface area is 115 Å². The smallest absolute Gasteiger partial charge is 0.123 e. The minimum atomic E-state index is -0.258. The van der Waals surface area contributed by atoms with E-state index in [4.69, 9.17) is 5.73 Å². The molecule has 0 aliphatic rings. The Morgan fingerprint density at radius 1 is 1.47 bits per heavy atom. The van der Waals surface area contributed by atoms with Gasteiger partial charge in [-0.1, -0.05) is 26.0 Å². The lowest BCUT2D eigenvalue weighted by Crippen LogP contribution is -2.09. The highest BCUT2D eigenvalue weighted by molar-refractivity contribution is 14.1. The molecule has 0 heterocycles. The van der Waals surface area contributed by atoms with Gasteiger partial charge in [0.25, 0.3) is 0 Å². The summed E-state index contributed by atoms with van der Waals surface area (Å²) in [5.74, 6) is 0.108. The number of halogens is 2. The lowest BCUT2D eigenvalue weighted by atomic mass is 10.0. The molecule has 17 heavy (non-hydrogen) atoms. The van der Waals surface area contributed by atoms with Crippen molar-refractivity contribution in [3.05, 3.63) is 41.7 Å². The van der Waals surface area contributed by atoms with E-state index in [2.05, 4.69) is 17.1 Å². The lowest BCUT2D eigenvalue weighted by Gasteiger charge is -2.09. The molecular formula is C13H16FIN2. The minimum Gasteiger partial charge on any atom is -0.398 e. The first-order chi connectivity index (χ1) is 8.08. The van der Waals surface area contributed by atoms with Gasteiger partial charge in [-0.25, -0.2) is 7.60 Å². The summed E-state index contributed by atoms with van der Waals surface area (Å²) in [5, 5.41) is 0. The number of benzene rings is 1. The lowest BCUT2D eigenvalue weighted by molar-refractivity contribution is 0.627.